The summed E-state index contributed by atoms with van der Waals surface area (Å²) < 4.78 is 0. The van der Waals surface area contributed by atoms with Gasteiger partial charge in [-0.2, -0.15) is 0 Å². The van der Waals surface area contributed by atoms with E-state index in [1.807, 2.05) is 0 Å². The van der Waals surface area contributed by atoms with Crippen LogP contribution in [0.1, 0.15) is 97.8 Å². The number of halogens is 2. The normalized spacial score (nSPS) is 10.0. The minimum Gasteiger partial charge on any atom is -1.00 e. The Kier molecular flexibility index (Phi) is 27.9. The van der Waals surface area contributed by atoms with Crippen LogP contribution in [0.2, 0.25) is 0 Å². The summed E-state index contributed by atoms with van der Waals surface area (Å²) in [5.74, 6) is -2.49. The van der Waals surface area contributed by atoms with Gasteiger partial charge in [-0.05, 0) is 19.8 Å². The van der Waals surface area contributed by atoms with Crippen LogP contribution in [-0.4, -0.2) is 17.7 Å². The van der Waals surface area contributed by atoms with Crippen molar-refractivity contribution < 1.29 is 61.2 Å². The fourth-order valence-corrected chi connectivity index (χ4v) is 2.47. The number of rotatable bonds is 14. The van der Waals surface area contributed by atoms with Gasteiger partial charge in [-0.3, -0.25) is 9.59 Å². The van der Waals surface area contributed by atoms with Crippen molar-refractivity contribution in [3.8, 4) is 0 Å². The molecule has 0 rings (SSSR count). The van der Waals surface area contributed by atoms with E-state index in [9.17, 15) is 14.7 Å². The molecule has 0 spiro atoms. The third-order valence-electron chi connectivity index (χ3n) is 3.77. The van der Waals surface area contributed by atoms with Gasteiger partial charge in [0.1, 0.15) is 0 Å². The van der Waals surface area contributed by atoms with Gasteiger partial charge in [0.25, 0.3) is 0 Å². The largest absolute Gasteiger partial charge is 4.00 e. The van der Waals surface area contributed by atoms with Crippen molar-refractivity contribution in [2.75, 3.05) is 0 Å². The molecular formula is C18H35Cl2N2O3Ti+. The smallest absolute Gasteiger partial charge is 1.00 e. The third kappa shape index (κ3) is 22.2. The van der Waals surface area contributed by atoms with Gasteiger partial charge in [0.15, 0.2) is 0 Å². The van der Waals surface area contributed by atoms with Gasteiger partial charge < -0.3 is 40.6 Å². The summed E-state index contributed by atoms with van der Waals surface area (Å²) in [6.45, 7) is 5.57. The standard InChI is InChI=1S/C18H35N2O3.2ClH.Ti/c1-4-6-8-10-12-14-16(21)19-18(3,23)20-17(22)15-13-11-9-7-5-2;;;/h4-15H2,1-3H3,(H,19,21)(H,20,22);2*1H;/q-1;;;+4/p-2. The second kappa shape index (κ2) is 21.5. The predicted octanol–water partition coefficient (Wildman–Crippen LogP) is -3.02. The van der Waals surface area contributed by atoms with Crippen molar-refractivity contribution in [3.63, 3.8) is 0 Å². The Balaban J connectivity index is -0.000000807. The van der Waals surface area contributed by atoms with Gasteiger partial charge in [0, 0.05) is 18.7 Å². The fraction of sp³-hybridized carbons (Fsp3) is 0.889. The van der Waals surface area contributed by atoms with Crippen molar-refractivity contribution in [2.24, 2.45) is 0 Å². The van der Waals surface area contributed by atoms with Crippen LogP contribution in [0.15, 0.2) is 0 Å². The Morgan fingerprint density at radius 2 is 1.04 bits per heavy atom. The molecule has 0 aliphatic heterocycles. The number of nitrogens with one attached hydrogen (secondary N) is 2. The molecule has 0 aromatic carbocycles. The SMILES string of the molecule is CCCCCCCC(=O)NC(C)([O-])NC(=O)CCCCCCC.[Cl-].[Cl-].[Ti+4]. The van der Waals surface area contributed by atoms with E-state index in [4.69, 9.17) is 0 Å². The number of carbonyl (C=O) groups is 2. The summed E-state index contributed by atoms with van der Waals surface area (Å²) >= 11 is 0. The predicted molar refractivity (Wildman–Crippen MR) is 91.4 cm³/mol. The number of amides is 2. The molecule has 0 aliphatic carbocycles. The first-order chi connectivity index (χ1) is 10.9. The van der Waals surface area contributed by atoms with Gasteiger partial charge in [-0.15, -0.1) is 0 Å². The van der Waals surface area contributed by atoms with Crippen LogP contribution < -0.4 is 40.6 Å². The Bertz CT molecular complexity index is 316. The molecule has 0 saturated carbocycles. The van der Waals surface area contributed by atoms with Gasteiger partial charge in [0.2, 0.25) is 11.8 Å². The van der Waals surface area contributed by atoms with Crippen LogP contribution in [-0.2, 0) is 31.3 Å². The second-order valence-electron chi connectivity index (χ2n) is 6.46. The van der Waals surface area contributed by atoms with Crippen LogP contribution in [0, 0.1) is 0 Å². The second-order valence-corrected chi connectivity index (χ2v) is 6.46. The van der Waals surface area contributed by atoms with Gasteiger partial charge in [0.05, 0.1) is 0 Å². The zero-order valence-corrected chi connectivity index (χ0v) is 19.5. The Morgan fingerprint density at radius 1 is 0.731 bits per heavy atom. The molecule has 0 radical (unpaired) electrons. The Hall–Kier alpha value is 0.194. The van der Waals surface area contributed by atoms with Crippen LogP contribution in [0.25, 0.3) is 0 Å². The van der Waals surface area contributed by atoms with Crippen molar-refractivity contribution in [1.29, 1.82) is 0 Å². The van der Waals surface area contributed by atoms with E-state index < -0.39 is 5.85 Å². The van der Waals surface area contributed by atoms with E-state index in [1.54, 1.807) is 0 Å². The van der Waals surface area contributed by atoms with Crippen LogP contribution in [0.4, 0.5) is 0 Å². The first-order valence-electron chi connectivity index (χ1n) is 9.23. The van der Waals surface area contributed by atoms with Gasteiger partial charge in [-0.25, -0.2) is 0 Å². The Labute approximate surface area is 186 Å². The van der Waals surface area contributed by atoms with Crippen LogP contribution >= 0.6 is 0 Å². The van der Waals surface area contributed by atoms with Gasteiger partial charge in [-0.1, -0.05) is 65.2 Å². The van der Waals surface area contributed by atoms with E-state index in [0.717, 1.165) is 51.4 Å². The van der Waals surface area contributed by atoms with Crippen LogP contribution in [0.3, 0.4) is 0 Å². The van der Waals surface area contributed by atoms with E-state index in [1.165, 1.54) is 19.8 Å². The maximum Gasteiger partial charge on any atom is 4.00 e. The summed E-state index contributed by atoms with van der Waals surface area (Å²) in [7, 11) is 0. The maximum atomic E-state index is 12.1. The molecule has 0 bridgehead atoms. The van der Waals surface area contributed by atoms with E-state index >= 15 is 0 Å². The van der Waals surface area contributed by atoms with Crippen molar-refractivity contribution in [3.05, 3.63) is 0 Å². The number of unbranched alkanes of at least 4 members (excludes halogenated alkanes) is 8. The summed E-state index contributed by atoms with van der Waals surface area (Å²) in [5, 5.41) is 16.9. The monoisotopic (exact) mass is 445 g/mol. The Morgan fingerprint density at radius 3 is 1.35 bits per heavy atom. The van der Waals surface area contributed by atoms with Crippen LogP contribution in [0.5, 0.6) is 0 Å². The summed E-state index contributed by atoms with van der Waals surface area (Å²) in [6.07, 6.45) is 11.2. The third-order valence-corrected chi connectivity index (χ3v) is 3.77. The molecule has 0 unspecified atom stereocenters. The average Bonchev–Trinajstić information content (AvgIpc) is 2.45. The van der Waals surface area contributed by atoms with E-state index in [-0.39, 0.29) is 58.3 Å². The quantitative estimate of drug-likeness (QED) is 0.169. The summed E-state index contributed by atoms with van der Waals surface area (Å²) in [5.41, 5.74) is 0. The minimum absolute atomic E-state index is 0. The molecule has 0 aromatic rings. The first-order valence-corrected chi connectivity index (χ1v) is 9.23. The molecule has 0 aromatic heterocycles. The van der Waals surface area contributed by atoms with E-state index in [0.29, 0.717) is 12.8 Å². The molecular weight excluding hydrogens is 411 g/mol. The summed E-state index contributed by atoms with van der Waals surface area (Å²) in [4.78, 5) is 23.5. The zero-order valence-electron chi connectivity index (χ0n) is 16.5. The minimum atomic E-state index is -1.92. The number of hydrogen-bond donors (Lipinski definition) is 2. The fourth-order valence-electron chi connectivity index (χ4n) is 2.47. The molecule has 0 aliphatic rings. The number of hydrogen-bond acceptors (Lipinski definition) is 3. The topological polar surface area (TPSA) is 81.3 Å². The average molecular weight is 446 g/mol. The molecule has 26 heavy (non-hydrogen) atoms. The molecule has 152 valence electrons. The molecule has 2 amide bonds. The van der Waals surface area contributed by atoms with Crippen molar-refractivity contribution in [2.45, 2.75) is 104 Å². The molecule has 8 heteroatoms. The molecule has 2 N–H and O–H groups in total. The zero-order chi connectivity index (χ0) is 17.6. The molecule has 5 nitrogen and oxygen atoms in total. The van der Waals surface area contributed by atoms with Gasteiger partial charge >= 0.3 is 21.7 Å². The first kappa shape index (κ1) is 33.8. The van der Waals surface area contributed by atoms with Crippen molar-refractivity contribution >= 4 is 11.8 Å². The molecule has 0 atom stereocenters. The van der Waals surface area contributed by atoms with Crippen molar-refractivity contribution in [1.82, 2.24) is 10.6 Å². The summed E-state index contributed by atoms with van der Waals surface area (Å²) in [6, 6.07) is 0. The number of carbonyl (C=O) groups excluding carboxylic acids is 2. The molecule has 0 saturated heterocycles. The van der Waals surface area contributed by atoms with E-state index in [2.05, 4.69) is 24.5 Å². The maximum absolute atomic E-state index is 12.1. The molecule has 0 heterocycles. The molecule has 0 fully saturated rings.